The number of hydrogen-bond acceptors (Lipinski definition) is 5. The van der Waals surface area contributed by atoms with Crippen molar-refractivity contribution in [2.45, 2.75) is 43.0 Å². The van der Waals surface area contributed by atoms with Crippen LogP contribution in [0.1, 0.15) is 49.3 Å². The zero-order valence-electron chi connectivity index (χ0n) is 18.5. The van der Waals surface area contributed by atoms with Gasteiger partial charge in [-0.05, 0) is 54.3 Å². The molecule has 1 unspecified atom stereocenters. The van der Waals surface area contributed by atoms with Gasteiger partial charge in [-0.25, -0.2) is 8.42 Å². The van der Waals surface area contributed by atoms with Gasteiger partial charge in [-0.15, -0.1) is 0 Å². The van der Waals surface area contributed by atoms with Crippen molar-refractivity contribution in [3.05, 3.63) is 72.2 Å². The largest absolute Gasteiger partial charge is 0.481 e. The van der Waals surface area contributed by atoms with Crippen molar-refractivity contribution < 1.29 is 22.7 Å². The lowest BCUT2D eigenvalue weighted by molar-refractivity contribution is -0.137. The van der Waals surface area contributed by atoms with Crippen LogP contribution in [0.3, 0.4) is 0 Å². The Morgan fingerprint density at radius 1 is 1.03 bits per heavy atom. The van der Waals surface area contributed by atoms with Gasteiger partial charge >= 0.3 is 5.97 Å². The van der Waals surface area contributed by atoms with Gasteiger partial charge in [-0.2, -0.15) is 0 Å². The third-order valence-corrected chi connectivity index (χ3v) is 7.90. The fourth-order valence-corrected chi connectivity index (χ4v) is 5.77. The fraction of sp³-hybridized carbons (Fsp3) is 0.320. The van der Waals surface area contributed by atoms with Crippen molar-refractivity contribution in [2.75, 3.05) is 17.9 Å². The van der Waals surface area contributed by atoms with Crippen LogP contribution in [0.4, 0.5) is 5.69 Å². The first-order valence-corrected chi connectivity index (χ1v) is 12.5. The van der Waals surface area contributed by atoms with E-state index in [1.54, 1.807) is 25.6 Å². The van der Waals surface area contributed by atoms with E-state index in [0.717, 1.165) is 36.0 Å². The summed E-state index contributed by atoms with van der Waals surface area (Å²) in [6.07, 6.45) is 6.69. The number of carboxylic acid groups (broad SMARTS) is 1. The van der Waals surface area contributed by atoms with Crippen LogP contribution in [0.2, 0.25) is 0 Å². The Balaban J connectivity index is 1.65. The number of para-hydroxylation sites is 1. The van der Waals surface area contributed by atoms with Gasteiger partial charge in [-0.1, -0.05) is 43.2 Å². The van der Waals surface area contributed by atoms with Gasteiger partial charge in [0, 0.05) is 19.0 Å². The molecule has 4 rings (SSSR count). The smallest absolute Gasteiger partial charge is 0.303 e. The monoisotopic (exact) mass is 468 g/mol. The number of aliphatic carboxylic acids is 1. The van der Waals surface area contributed by atoms with Crippen LogP contribution in [0.5, 0.6) is 0 Å². The quantitative estimate of drug-likeness (QED) is 0.438. The molecule has 1 aliphatic rings. The second-order valence-corrected chi connectivity index (χ2v) is 10.2. The molecule has 2 aromatic carbocycles. The van der Waals surface area contributed by atoms with E-state index >= 15 is 0 Å². The number of nitrogens with one attached hydrogen (secondary N) is 1. The molecule has 1 aromatic heterocycles. The number of carbonyl (C=O) groups is 1. The van der Waals surface area contributed by atoms with E-state index in [-0.39, 0.29) is 17.4 Å². The number of nitrogens with zero attached hydrogens (tertiary/aromatic N) is 1. The average molecular weight is 469 g/mol. The van der Waals surface area contributed by atoms with Crippen LogP contribution in [0, 0.1) is 0 Å². The molecule has 0 spiro atoms. The number of sulfonamides is 1. The summed E-state index contributed by atoms with van der Waals surface area (Å²) in [7, 11) is -2.17. The minimum atomic E-state index is -3.76. The molecule has 33 heavy (non-hydrogen) atoms. The number of rotatable bonds is 9. The Kier molecular flexibility index (Phi) is 6.85. The predicted molar refractivity (Wildman–Crippen MR) is 127 cm³/mol. The van der Waals surface area contributed by atoms with E-state index in [1.165, 1.54) is 4.31 Å². The standard InChI is InChI=1S/C25H28N2O5S/c1-27-22-9-6-5-8-20(22)25(26-14-7-3-2-4-10-24(28)29)21-12-11-18(19-13-15-32-17-19)16-23(21)33(27,30)31/h5-6,8-9,11-13,15-17,25-26H,2-4,7,10,14H2,1H3,(H,28,29). The Bertz CT molecular complexity index is 1220. The first-order valence-electron chi connectivity index (χ1n) is 11.1. The number of furan rings is 1. The van der Waals surface area contributed by atoms with Crippen LogP contribution in [0.15, 0.2) is 70.4 Å². The Labute approximate surface area is 194 Å². The third kappa shape index (κ3) is 4.82. The molecule has 0 saturated carbocycles. The van der Waals surface area contributed by atoms with E-state index in [9.17, 15) is 13.2 Å². The SMILES string of the molecule is CN1c2ccccc2C(NCCCCCCC(=O)O)c2ccc(-c3ccoc3)cc2S1(=O)=O. The summed E-state index contributed by atoms with van der Waals surface area (Å²) in [5.41, 5.74) is 3.87. The van der Waals surface area contributed by atoms with Crippen molar-refractivity contribution in [1.29, 1.82) is 0 Å². The van der Waals surface area contributed by atoms with Gasteiger partial charge in [0.25, 0.3) is 10.0 Å². The molecule has 1 atom stereocenters. The van der Waals surface area contributed by atoms with Gasteiger partial charge in [0.1, 0.15) is 0 Å². The molecule has 0 fully saturated rings. The van der Waals surface area contributed by atoms with Crippen molar-refractivity contribution in [2.24, 2.45) is 0 Å². The van der Waals surface area contributed by atoms with Gasteiger partial charge in [0.15, 0.2) is 0 Å². The minimum absolute atomic E-state index is 0.194. The lowest BCUT2D eigenvalue weighted by atomic mass is 9.95. The van der Waals surface area contributed by atoms with Crippen LogP contribution in [-0.4, -0.2) is 33.1 Å². The first-order chi connectivity index (χ1) is 15.9. The Morgan fingerprint density at radius 2 is 1.82 bits per heavy atom. The van der Waals surface area contributed by atoms with E-state index in [4.69, 9.17) is 9.52 Å². The van der Waals surface area contributed by atoms with E-state index in [0.29, 0.717) is 24.2 Å². The van der Waals surface area contributed by atoms with Crippen LogP contribution < -0.4 is 9.62 Å². The summed E-state index contributed by atoms with van der Waals surface area (Å²) in [4.78, 5) is 10.9. The highest BCUT2D eigenvalue weighted by Crippen LogP contribution is 2.41. The summed E-state index contributed by atoms with van der Waals surface area (Å²) in [5.74, 6) is -0.764. The zero-order chi connectivity index (χ0) is 23.4. The maximum atomic E-state index is 13.6. The highest BCUT2D eigenvalue weighted by Gasteiger charge is 2.35. The van der Waals surface area contributed by atoms with Gasteiger partial charge < -0.3 is 14.8 Å². The van der Waals surface area contributed by atoms with E-state index < -0.39 is 16.0 Å². The highest BCUT2D eigenvalue weighted by atomic mass is 32.2. The fourth-order valence-electron chi connectivity index (χ4n) is 4.29. The number of unbranched alkanes of at least 4 members (excludes halogenated alkanes) is 3. The van der Waals surface area contributed by atoms with Crippen LogP contribution in [0.25, 0.3) is 11.1 Å². The van der Waals surface area contributed by atoms with Crippen LogP contribution in [-0.2, 0) is 14.8 Å². The van der Waals surface area contributed by atoms with Crippen molar-refractivity contribution in [3.8, 4) is 11.1 Å². The molecule has 1 aliphatic heterocycles. The minimum Gasteiger partial charge on any atom is -0.481 e. The number of carboxylic acids is 1. The first kappa shape index (κ1) is 23.1. The number of anilines is 1. The van der Waals surface area contributed by atoms with E-state index in [2.05, 4.69) is 5.32 Å². The summed E-state index contributed by atoms with van der Waals surface area (Å²) in [6, 6.07) is 14.6. The van der Waals surface area contributed by atoms with Crippen molar-refractivity contribution in [3.63, 3.8) is 0 Å². The molecule has 0 aliphatic carbocycles. The normalized spacial score (nSPS) is 16.6. The number of fused-ring (bicyclic) bond motifs is 2. The molecule has 174 valence electrons. The molecule has 3 aromatic rings. The summed E-state index contributed by atoms with van der Waals surface area (Å²) in [5, 5.41) is 12.3. The topological polar surface area (TPSA) is 99.8 Å². The molecular weight excluding hydrogens is 440 g/mol. The zero-order valence-corrected chi connectivity index (χ0v) is 19.3. The second-order valence-electron chi connectivity index (χ2n) is 8.24. The number of hydrogen-bond donors (Lipinski definition) is 2. The predicted octanol–water partition coefficient (Wildman–Crippen LogP) is 4.80. The van der Waals surface area contributed by atoms with Gasteiger partial charge in [-0.3, -0.25) is 9.10 Å². The van der Waals surface area contributed by atoms with E-state index in [1.807, 2.05) is 42.5 Å². The second kappa shape index (κ2) is 9.80. The lowest BCUT2D eigenvalue weighted by Gasteiger charge is -2.22. The molecule has 2 heterocycles. The third-order valence-electron chi connectivity index (χ3n) is 6.07. The summed E-state index contributed by atoms with van der Waals surface area (Å²) < 4.78 is 33.7. The van der Waals surface area contributed by atoms with Gasteiger partial charge in [0.2, 0.25) is 0 Å². The molecule has 2 N–H and O–H groups in total. The maximum Gasteiger partial charge on any atom is 0.303 e. The molecule has 0 amide bonds. The molecule has 7 nitrogen and oxygen atoms in total. The molecular formula is C25H28N2O5S. The lowest BCUT2D eigenvalue weighted by Crippen LogP contribution is -2.26. The highest BCUT2D eigenvalue weighted by molar-refractivity contribution is 7.92. The maximum absolute atomic E-state index is 13.6. The van der Waals surface area contributed by atoms with Crippen molar-refractivity contribution in [1.82, 2.24) is 5.32 Å². The van der Waals surface area contributed by atoms with Gasteiger partial charge in [0.05, 0.1) is 29.2 Å². The average Bonchev–Trinajstić information content (AvgIpc) is 3.33. The molecule has 0 radical (unpaired) electrons. The Morgan fingerprint density at radius 3 is 2.58 bits per heavy atom. The molecule has 0 bridgehead atoms. The summed E-state index contributed by atoms with van der Waals surface area (Å²) in [6.45, 7) is 0.693. The molecule has 8 heteroatoms. The molecule has 0 saturated heterocycles. The van der Waals surface area contributed by atoms with Crippen LogP contribution >= 0.6 is 0 Å². The summed E-state index contributed by atoms with van der Waals surface area (Å²) >= 11 is 0. The Hall–Kier alpha value is -3.10. The van der Waals surface area contributed by atoms with Crippen molar-refractivity contribution >= 4 is 21.7 Å². The number of benzene rings is 2.